The highest BCUT2D eigenvalue weighted by atomic mass is 35.5. The molecule has 14 heteroatoms. The number of H-pyrrole nitrogens is 1. The van der Waals surface area contributed by atoms with E-state index in [2.05, 4.69) is 15.3 Å². The minimum atomic E-state index is -0.579. The first-order chi connectivity index (χ1) is 17.7. The second-order valence-corrected chi connectivity index (χ2v) is 10.4. The Morgan fingerprint density at radius 1 is 1.22 bits per heavy atom. The molecule has 2 fully saturated rings. The van der Waals surface area contributed by atoms with Gasteiger partial charge < -0.3 is 34.3 Å². The normalized spacial score (nSPS) is 20.1. The second kappa shape index (κ2) is 12.0. The van der Waals surface area contributed by atoms with Crippen molar-refractivity contribution in [3.63, 3.8) is 0 Å². The number of aromatic nitrogens is 2. The number of carbonyl (C=O) groups is 3. The molecule has 2 atom stereocenters. The molecule has 202 valence electrons. The van der Waals surface area contributed by atoms with Gasteiger partial charge in [-0.3, -0.25) is 9.59 Å². The van der Waals surface area contributed by atoms with Gasteiger partial charge in [0.25, 0.3) is 11.8 Å². The van der Waals surface area contributed by atoms with E-state index < -0.39 is 5.97 Å². The van der Waals surface area contributed by atoms with Gasteiger partial charge in [-0.2, -0.15) is 0 Å². The van der Waals surface area contributed by atoms with E-state index in [0.717, 1.165) is 11.3 Å². The van der Waals surface area contributed by atoms with Crippen molar-refractivity contribution in [2.24, 2.45) is 0 Å². The lowest BCUT2D eigenvalue weighted by Crippen LogP contribution is -2.55. The summed E-state index contributed by atoms with van der Waals surface area (Å²) in [6.07, 6.45) is 0.160. The molecule has 0 aromatic carbocycles. The smallest absolute Gasteiger partial charge is 0.350 e. The molecule has 11 nitrogen and oxygen atoms in total. The molecule has 2 N–H and O–H groups in total. The molecule has 2 aromatic heterocycles. The summed E-state index contributed by atoms with van der Waals surface area (Å²) in [5.41, 5.74) is 0.892. The Hall–Kier alpha value is -2.38. The van der Waals surface area contributed by atoms with E-state index in [4.69, 9.17) is 37.4 Å². The van der Waals surface area contributed by atoms with Crippen LogP contribution in [0.15, 0.2) is 0 Å². The van der Waals surface area contributed by atoms with Crippen molar-refractivity contribution in [3.05, 3.63) is 32.0 Å². The van der Waals surface area contributed by atoms with Crippen LogP contribution in [0.3, 0.4) is 0 Å². The number of halogens is 2. The molecule has 0 saturated carbocycles. The summed E-state index contributed by atoms with van der Waals surface area (Å²) in [5, 5.41) is 3.98. The Balaban J connectivity index is 1.51. The SMILES string of the molecule is CCOC(=O)c1sc(N2CC[C@H](NC(=O)c3[nH]c(C)c(Cl)c3Cl)[C@H](OC)C2)nc1C(=O)N1CCOCC1. The van der Waals surface area contributed by atoms with E-state index >= 15 is 0 Å². The van der Waals surface area contributed by atoms with Crippen LogP contribution < -0.4 is 10.2 Å². The van der Waals surface area contributed by atoms with Gasteiger partial charge >= 0.3 is 5.97 Å². The minimum Gasteiger partial charge on any atom is -0.462 e. The standard InChI is InChI=1S/C23H29Cl2N5O6S/c1-4-36-22(33)19-18(21(32)29-7-9-35-10-8-29)28-23(37-19)30-6-5-13(14(11-30)34-3)27-20(31)17-16(25)15(24)12(2)26-17/h13-14,26H,4-11H2,1-3H3,(H,27,31)/t13-,14+/m0/s1. The molecule has 2 amide bonds. The topological polar surface area (TPSA) is 126 Å². The Morgan fingerprint density at radius 3 is 2.57 bits per heavy atom. The predicted octanol–water partition coefficient (Wildman–Crippen LogP) is 2.76. The largest absolute Gasteiger partial charge is 0.462 e. The number of morpholine rings is 1. The summed E-state index contributed by atoms with van der Waals surface area (Å²) in [4.78, 5) is 50.0. The fourth-order valence-electron chi connectivity index (χ4n) is 4.30. The summed E-state index contributed by atoms with van der Waals surface area (Å²) in [6, 6.07) is -0.300. The molecule has 37 heavy (non-hydrogen) atoms. The fraction of sp³-hybridized carbons (Fsp3) is 0.565. The van der Waals surface area contributed by atoms with Gasteiger partial charge in [-0.1, -0.05) is 34.5 Å². The molecular weight excluding hydrogens is 545 g/mol. The molecule has 2 aliphatic heterocycles. The maximum atomic E-state index is 13.2. The highest BCUT2D eigenvalue weighted by molar-refractivity contribution is 7.17. The number of piperidine rings is 1. The van der Waals surface area contributed by atoms with Crippen LogP contribution in [-0.2, 0) is 14.2 Å². The second-order valence-electron chi connectivity index (χ2n) is 8.64. The van der Waals surface area contributed by atoms with Crippen LogP contribution in [0.25, 0.3) is 0 Å². The van der Waals surface area contributed by atoms with Crippen molar-refractivity contribution >= 4 is 57.5 Å². The van der Waals surface area contributed by atoms with Gasteiger partial charge in [0.05, 0.1) is 42.0 Å². The first-order valence-electron chi connectivity index (χ1n) is 11.9. The molecule has 0 radical (unpaired) electrons. The first-order valence-corrected chi connectivity index (χ1v) is 13.5. The maximum absolute atomic E-state index is 13.2. The van der Waals surface area contributed by atoms with E-state index in [1.807, 2.05) is 4.90 Å². The summed E-state index contributed by atoms with van der Waals surface area (Å²) in [5.74, 6) is -1.28. The van der Waals surface area contributed by atoms with Crippen molar-refractivity contribution in [1.29, 1.82) is 0 Å². The zero-order valence-corrected chi connectivity index (χ0v) is 23.1. The van der Waals surface area contributed by atoms with Gasteiger partial charge in [-0.25, -0.2) is 9.78 Å². The van der Waals surface area contributed by atoms with Gasteiger partial charge in [0.1, 0.15) is 10.6 Å². The van der Waals surface area contributed by atoms with Crippen LogP contribution in [0.5, 0.6) is 0 Å². The highest BCUT2D eigenvalue weighted by Gasteiger charge is 2.35. The molecule has 4 heterocycles. The Kier molecular flexibility index (Phi) is 8.96. The lowest BCUT2D eigenvalue weighted by Gasteiger charge is -2.37. The first kappa shape index (κ1) is 27.6. The molecule has 0 unspecified atom stereocenters. The molecule has 0 bridgehead atoms. The van der Waals surface area contributed by atoms with Gasteiger partial charge in [0, 0.05) is 39.0 Å². The van der Waals surface area contributed by atoms with Gasteiger partial charge in [0.15, 0.2) is 10.8 Å². The van der Waals surface area contributed by atoms with E-state index in [1.54, 1.807) is 25.9 Å². The van der Waals surface area contributed by atoms with Gasteiger partial charge in [0.2, 0.25) is 0 Å². The lowest BCUT2D eigenvalue weighted by atomic mass is 10.0. The monoisotopic (exact) mass is 573 g/mol. The fourth-order valence-corrected chi connectivity index (χ4v) is 5.71. The van der Waals surface area contributed by atoms with Crippen LogP contribution in [0.4, 0.5) is 5.13 Å². The Bertz CT molecular complexity index is 1160. The summed E-state index contributed by atoms with van der Waals surface area (Å²) < 4.78 is 16.2. The minimum absolute atomic E-state index is 0.0818. The Morgan fingerprint density at radius 2 is 1.95 bits per heavy atom. The zero-order valence-electron chi connectivity index (χ0n) is 20.8. The van der Waals surface area contributed by atoms with Crippen LogP contribution in [-0.4, -0.2) is 97.9 Å². The quantitative estimate of drug-likeness (QED) is 0.484. The highest BCUT2D eigenvalue weighted by Crippen LogP contribution is 2.32. The number of carbonyl (C=O) groups excluding carboxylic acids is 3. The number of aryl methyl sites for hydroxylation is 1. The van der Waals surface area contributed by atoms with Gasteiger partial charge in [-0.05, 0) is 20.3 Å². The molecular formula is C23H29Cl2N5O6S. The number of aromatic amines is 1. The van der Waals surface area contributed by atoms with Crippen LogP contribution >= 0.6 is 34.5 Å². The van der Waals surface area contributed by atoms with Crippen LogP contribution in [0, 0.1) is 6.92 Å². The molecule has 0 spiro atoms. The number of hydrogen-bond donors (Lipinski definition) is 2. The number of rotatable bonds is 7. The van der Waals surface area contributed by atoms with E-state index in [9.17, 15) is 14.4 Å². The zero-order chi connectivity index (χ0) is 26.7. The number of esters is 1. The number of amides is 2. The molecule has 2 saturated heterocycles. The van der Waals surface area contributed by atoms with Crippen molar-refractivity contribution in [2.75, 3.05) is 58.0 Å². The van der Waals surface area contributed by atoms with Crippen molar-refractivity contribution < 1.29 is 28.6 Å². The average Bonchev–Trinajstić information content (AvgIpc) is 3.46. The maximum Gasteiger partial charge on any atom is 0.350 e. The third kappa shape index (κ3) is 5.88. The summed E-state index contributed by atoms with van der Waals surface area (Å²) >= 11 is 13.4. The number of anilines is 1. The number of nitrogens with zero attached hydrogens (tertiary/aromatic N) is 3. The van der Waals surface area contributed by atoms with Crippen molar-refractivity contribution in [3.8, 4) is 0 Å². The van der Waals surface area contributed by atoms with Crippen molar-refractivity contribution in [1.82, 2.24) is 20.2 Å². The van der Waals surface area contributed by atoms with Gasteiger partial charge in [-0.15, -0.1) is 0 Å². The van der Waals surface area contributed by atoms with Crippen molar-refractivity contribution in [2.45, 2.75) is 32.4 Å². The average molecular weight is 574 g/mol. The van der Waals surface area contributed by atoms with Crippen LogP contribution in [0.2, 0.25) is 10.0 Å². The van der Waals surface area contributed by atoms with E-state index in [0.29, 0.717) is 61.7 Å². The Labute approximate surface area is 228 Å². The molecule has 0 aliphatic carbocycles. The molecule has 4 rings (SSSR count). The van der Waals surface area contributed by atoms with Crippen LogP contribution in [0.1, 0.15) is 49.7 Å². The summed E-state index contributed by atoms with van der Waals surface area (Å²) in [6.45, 7) is 6.27. The lowest BCUT2D eigenvalue weighted by molar-refractivity contribution is 0.0295. The number of ether oxygens (including phenoxy) is 3. The molecule has 2 aromatic rings. The van der Waals surface area contributed by atoms with E-state index in [1.165, 1.54) is 0 Å². The number of methoxy groups -OCH3 is 1. The number of nitrogens with one attached hydrogen (secondary N) is 2. The van der Waals surface area contributed by atoms with E-state index in [-0.39, 0.29) is 51.9 Å². The third-order valence-corrected chi connectivity index (χ3v) is 8.35. The number of thiazole rings is 1. The summed E-state index contributed by atoms with van der Waals surface area (Å²) in [7, 11) is 1.56. The third-order valence-electron chi connectivity index (χ3n) is 6.31. The predicted molar refractivity (Wildman–Crippen MR) is 139 cm³/mol. The molecule has 2 aliphatic rings. The number of hydrogen-bond acceptors (Lipinski definition) is 9.